The Labute approximate surface area is 138 Å². The first-order valence-corrected chi connectivity index (χ1v) is 7.68. The summed E-state index contributed by atoms with van der Waals surface area (Å²) in [6.45, 7) is 8.15. The molecule has 0 saturated carbocycles. The smallest absolute Gasteiger partial charge is 0.149 e. The quantitative estimate of drug-likeness (QED) is 0.716. The van der Waals surface area contributed by atoms with Gasteiger partial charge in [0.1, 0.15) is 23.9 Å². The second kappa shape index (κ2) is 6.24. The van der Waals surface area contributed by atoms with E-state index in [0.29, 0.717) is 12.4 Å². The summed E-state index contributed by atoms with van der Waals surface area (Å²) in [5.41, 5.74) is 3.03. The Balaban J connectivity index is 2.02. The molecule has 0 spiro atoms. The number of benzene rings is 2. The molecule has 3 rings (SSSR count). The van der Waals surface area contributed by atoms with E-state index in [0.717, 1.165) is 32.7 Å². The molecule has 0 aromatic heterocycles. The molecule has 3 heteroatoms. The van der Waals surface area contributed by atoms with Crippen LogP contribution in [0.25, 0.3) is 11.3 Å². The molecule has 2 aromatic rings. The number of allylic oxidation sites excluding steroid dienone is 1. The van der Waals surface area contributed by atoms with Crippen molar-refractivity contribution in [3.05, 3.63) is 89.1 Å². The van der Waals surface area contributed by atoms with Crippen molar-refractivity contribution in [3.8, 4) is 5.75 Å². The van der Waals surface area contributed by atoms with Gasteiger partial charge in [-0.2, -0.15) is 0 Å². The predicted molar refractivity (Wildman–Crippen MR) is 93.5 cm³/mol. The van der Waals surface area contributed by atoms with Gasteiger partial charge in [0.25, 0.3) is 0 Å². The summed E-state index contributed by atoms with van der Waals surface area (Å²) in [5, 5.41) is 0. The average Bonchev–Trinajstić information content (AvgIpc) is 2.52. The first-order chi connectivity index (χ1) is 10.7. The minimum atomic E-state index is 0.409. The first kappa shape index (κ1) is 14.7. The van der Waals surface area contributed by atoms with Crippen LogP contribution in [0.15, 0.2) is 78.0 Å². The fourth-order valence-corrected chi connectivity index (χ4v) is 2.44. The fourth-order valence-electron chi connectivity index (χ4n) is 2.33. The molecule has 0 amide bonds. The van der Waals surface area contributed by atoms with Crippen LogP contribution in [-0.2, 0) is 4.74 Å². The maximum absolute atomic E-state index is 5.78. The van der Waals surface area contributed by atoms with Crippen LogP contribution in [0, 0.1) is 0 Å². The lowest BCUT2D eigenvalue weighted by Crippen LogP contribution is -2.11. The van der Waals surface area contributed by atoms with E-state index in [-0.39, 0.29) is 0 Å². The van der Waals surface area contributed by atoms with Gasteiger partial charge in [-0.15, -0.1) is 0 Å². The molecule has 110 valence electrons. The monoisotopic (exact) mass is 354 g/mol. The summed E-state index contributed by atoms with van der Waals surface area (Å²) in [5.74, 6) is 2.24. The Bertz CT molecular complexity index is 760. The lowest BCUT2D eigenvalue weighted by molar-refractivity contribution is 0.345. The Kier molecular flexibility index (Phi) is 4.16. The van der Waals surface area contributed by atoms with Crippen molar-refractivity contribution in [2.75, 3.05) is 6.61 Å². The van der Waals surface area contributed by atoms with Crippen molar-refractivity contribution >= 4 is 27.3 Å². The molecular weight excluding hydrogens is 340 g/mol. The molecule has 2 nitrogen and oxygen atoms in total. The summed E-state index contributed by atoms with van der Waals surface area (Å²) >= 11 is 3.31. The van der Waals surface area contributed by atoms with Gasteiger partial charge in [-0.25, -0.2) is 0 Å². The van der Waals surface area contributed by atoms with Crippen LogP contribution in [0.4, 0.5) is 0 Å². The number of rotatable bonds is 5. The summed E-state index contributed by atoms with van der Waals surface area (Å²) < 4.78 is 12.3. The fraction of sp³-hybridized carbons (Fsp3) is 0.0526. The van der Waals surface area contributed by atoms with Crippen molar-refractivity contribution < 1.29 is 9.47 Å². The van der Waals surface area contributed by atoms with E-state index in [9.17, 15) is 0 Å². The van der Waals surface area contributed by atoms with Gasteiger partial charge in [-0.3, -0.25) is 0 Å². The summed E-state index contributed by atoms with van der Waals surface area (Å²) in [7, 11) is 0. The minimum absolute atomic E-state index is 0.409. The number of halogens is 1. The van der Waals surface area contributed by atoms with E-state index in [4.69, 9.17) is 9.47 Å². The maximum atomic E-state index is 5.78. The van der Waals surface area contributed by atoms with Crippen molar-refractivity contribution in [3.63, 3.8) is 0 Å². The molecule has 0 fully saturated rings. The highest BCUT2D eigenvalue weighted by Crippen LogP contribution is 2.45. The molecule has 0 unspecified atom stereocenters. The highest BCUT2D eigenvalue weighted by Gasteiger charge is 2.28. The second-order valence-corrected chi connectivity index (χ2v) is 6.02. The van der Waals surface area contributed by atoms with Gasteiger partial charge < -0.3 is 9.47 Å². The molecule has 1 aliphatic rings. The number of para-hydroxylation sites is 1. The van der Waals surface area contributed by atoms with Gasteiger partial charge in [0.15, 0.2) is 0 Å². The molecule has 0 radical (unpaired) electrons. The van der Waals surface area contributed by atoms with Gasteiger partial charge in [-0.05, 0) is 17.7 Å². The minimum Gasteiger partial charge on any atom is -0.488 e. The van der Waals surface area contributed by atoms with E-state index in [1.807, 2.05) is 54.6 Å². The SMILES string of the molecule is C=C(Br)COc1ccccc1C1=C(c2ccccc2)C(=C)O1. The maximum Gasteiger partial charge on any atom is 0.149 e. The van der Waals surface area contributed by atoms with Crippen LogP contribution in [0.1, 0.15) is 11.1 Å². The summed E-state index contributed by atoms with van der Waals surface area (Å²) in [6, 6.07) is 17.9. The van der Waals surface area contributed by atoms with Gasteiger partial charge in [0.2, 0.25) is 0 Å². The standard InChI is InChI=1S/C19H15BrO2/c1-13(20)12-21-17-11-7-6-10-16(17)19-18(14(2)22-19)15-8-4-3-5-9-15/h3-11H,1-2,12H2. The summed E-state index contributed by atoms with van der Waals surface area (Å²) in [6.07, 6.45) is 0. The van der Waals surface area contributed by atoms with Crippen LogP contribution >= 0.6 is 15.9 Å². The van der Waals surface area contributed by atoms with E-state index >= 15 is 0 Å². The molecule has 0 saturated heterocycles. The highest BCUT2D eigenvalue weighted by atomic mass is 79.9. The zero-order valence-corrected chi connectivity index (χ0v) is 13.6. The number of ether oxygens (including phenoxy) is 2. The molecule has 1 heterocycles. The van der Waals surface area contributed by atoms with Crippen LogP contribution < -0.4 is 4.74 Å². The van der Waals surface area contributed by atoms with Crippen LogP contribution in [-0.4, -0.2) is 6.61 Å². The lowest BCUT2D eigenvalue weighted by atomic mass is 9.95. The number of hydrogen-bond acceptors (Lipinski definition) is 2. The molecule has 22 heavy (non-hydrogen) atoms. The van der Waals surface area contributed by atoms with E-state index < -0.39 is 0 Å². The Hall–Kier alpha value is -2.26. The average molecular weight is 355 g/mol. The van der Waals surface area contributed by atoms with Gasteiger partial charge in [0.05, 0.1) is 11.1 Å². The molecular formula is C19H15BrO2. The van der Waals surface area contributed by atoms with Crippen molar-refractivity contribution in [2.24, 2.45) is 0 Å². The third kappa shape index (κ3) is 2.85. The normalized spacial score (nSPS) is 13.4. The van der Waals surface area contributed by atoms with Crippen LogP contribution in [0.3, 0.4) is 0 Å². The van der Waals surface area contributed by atoms with Crippen LogP contribution in [0.5, 0.6) is 5.75 Å². The van der Waals surface area contributed by atoms with Crippen LogP contribution in [0.2, 0.25) is 0 Å². The van der Waals surface area contributed by atoms with Gasteiger partial charge >= 0.3 is 0 Å². The highest BCUT2D eigenvalue weighted by molar-refractivity contribution is 9.11. The Morgan fingerprint density at radius 1 is 1.05 bits per heavy atom. The van der Waals surface area contributed by atoms with E-state index in [2.05, 4.69) is 29.1 Å². The number of hydrogen-bond donors (Lipinski definition) is 0. The van der Waals surface area contributed by atoms with E-state index in [1.54, 1.807) is 0 Å². The predicted octanol–water partition coefficient (Wildman–Crippen LogP) is 5.39. The van der Waals surface area contributed by atoms with Crippen molar-refractivity contribution in [2.45, 2.75) is 0 Å². The largest absolute Gasteiger partial charge is 0.488 e. The summed E-state index contributed by atoms with van der Waals surface area (Å²) in [4.78, 5) is 0. The molecule has 0 bridgehead atoms. The molecule has 0 atom stereocenters. The third-order valence-corrected chi connectivity index (χ3v) is 3.54. The lowest BCUT2D eigenvalue weighted by Gasteiger charge is -2.28. The van der Waals surface area contributed by atoms with Gasteiger partial charge in [-0.1, -0.05) is 71.6 Å². The van der Waals surface area contributed by atoms with Crippen molar-refractivity contribution in [1.29, 1.82) is 0 Å². The van der Waals surface area contributed by atoms with Crippen molar-refractivity contribution in [1.82, 2.24) is 0 Å². The van der Waals surface area contributed by atoms with E-state index in [1.165, 1.54) is 0 Å². The molecule has 2 aromatic carbocycles. The second-order valence-electron chi connectivity index (χ2n) is 4.90. The Morgan fingerprint density at radius 2 is 1.73 bits per heavy atom. The molecule has 0 aliphatic carbocycles. The first-order valence-electron chi connectivity index (χ1n) is 6.89. The van der Waals surface area contributed by atoms with Gasteiger partial charge in [0, 0.05) is 4.48 Å². The zero-order chi connectivity index (χ0) is 15.5. The third-order valence-electron chi connectivity index (χ3n) is 3.31. The Morgan fingerprint density at radius 3 is 2.41 bits per heavy atom. The molecule has 0 N–H and O–H groups in total. The topological polar surface area (TPSA) is 18.5 Å². The molecule has 1 aliphatic heterocycles. The zero-order valence-electron chi connectivity index (χ0n) is 12.0.